The van der Waals surface area contributed by atoms with Crippen LogP contribution in [0, 0.1) is 6.92 Å². The SMILES string of the molecule is Cc1cc2c(N)nc(-c3ccc4ccccc4c3)nc2s1. The van der Waals surface area contributed by atoms with Crippen LogP contribution < -0.4 is 5.73 Å². The lowest BCUT2D eigenvalue weighted by atomic mass is 10.1. The molecule has 0 atom stereocenters. The number of benzene rings is 2. The molecule has 0 saturated heterocycles. The fourth-order valence-corrected chi connectivity index (χ4v) is 3.41. The largest absolute Gasteiger partial charge is 0.383 e. The highest BCUT2D eigenvalue weighted by atomic mass is 32.1. The van der Waals surface area contributed by atoms with Crippen molar-refractivity contribution in [2.24, 2.45) is 0 Å². The molecule has 0 spiro atoms. The predicted molar refractivity (Wildman–Crippen MR) is 89.5 cm³/mol. The van der Waals surface area contributed by atoms with Crippen LogP contribution in [0.2, 0.25) is 0 Å². The van der Waals surface area contributed by atoms with Gasteiger partial charge in [-0.2, -0.15) is 0 Å². The minimum Gasteiger partial charge on any atom is -0.383 e. The minimum atomic E-state index is 0.549. The van der Waals surface area contributed by atoms with Crippen LogP contribution >= 0.6 is 11.3 Å². The fraction of sp³-hybridized carbons (Fsp3) is 0.0588. The molecule has 21 heavy (non-hydrogen) atoms. The average Bonchev–Trinajstić information content (AvgIpc) is 2.88. The van der Waals surface area contributed by atoms with Crippen LogP contribution in [-0.4, -0.2) is 9.97 Å². The molecular weight excluding hydrogens is 278 g/mol. The van der Waals surface area contributed by atoms with Gasteiger partial charge < -0.3 is 5.73 Å². The molecule has 2 heterocycles. The maximum atomic E-state index is 6.08. The summed E-state index contributed by atoms with van der Waals surface area (Å²) in [6.45, 7) is 2.06. The van der Waals surface area contributed by atoms with E-state index in [0.717, 1.165) is 15.8 Å². The quantitative estimate of drug-likeness (QED) is 0.565. The molecule has 0 aliphatic rings. The van der Waals surface area contributed by atoms with Gasteiger partial charge in [0.25, 0.3) is 0 Å². The van der Waals surface area contributed by atoms with Crippen LogP contribution in [0.25, 0.3) is 32.4 Å². The zero-order chi connectivity index (χ0) is 14.4. The van der Waals surface area contributed by atoms with E-state index in [1.54, 1.807) is 11.3 Å². The lowest BCUT2D eigenvalue weighted by Crippen LogP contribution is -1.96. The normalized spacial score (nSPS) is 11.3. The van der Waals surface area contributed by atoms with Crippen molar-refractivity contribution in [2.75, 3.05) is 5.73 Å². The first-order chi connectivity index (χ1) is 10.2. The summed E-state index contributed by atoms with van der Waals surface area (Å²) in [5.41, 5.74) is 7.07. The summed E-state index contributed by atoms with van der Waals surface area (Å²) in [5.74, 6) is 1.24. The summed E-state index contributed by atoms with van der Waals surface area (Å²) in [5, 5.41) is 3.34. The summed E-state index contributed by atoms with van der Waals surface area (Å²) >= 11 is 1.65. The molecule has 0 unspecified atom stereocenters. The van der Waals surface area contributed by atoms with Crippen LogP contribution in [0.15, 0.2) is 48.5 Å². The molecule has 2 aromatic carbocycles. The van der Waals surface area contributed by atoms with Gasteiger partial charge in [0, 0.05) is 10.4 Å². The van der Waals surface area contributed by atoms with E-state index in [4.69, 9.17) is 5.73 Å². The number of aromatic nitrogens is 2. The van der Waals surface area contributed by atoms with Crippen LogP contribution in [0.3, 0.4) is 0 Å². The fourth-order valence-electron chi connectivity index (χ4n) is 2.52. The van der Waals surface area contributed by atoms with Crippen molar-refractivity contribution in [2.45, 2.75) is 6.92 Å². The van der Waals surface area contributed by atoms with E-state index >= 15 is 0 Å². The third-order valence-electron chi connectivity index (χ3n) is 3.55. The summed E-state index contributed by atoms with van der Waals surface area (Å²) in [4.78, 5) is 11.3. The number of nitrogen functional groups attached to an aromatic ring is 1. The third-order valence-corrected chi connectivity index (χ3v) is 4.50. The molecule has 0 amide bonds. The van der Waals surface area contributed by atoms with E-state index in [9.17, 15) is 0 Å². The van der Waals surface area contributed by atoms with Gasteiger partial charge in [0.2, 0.25) is 0 Å². The Morgan fingerprint density at radius 2 is 1.76 bits per heavy atom. The molecule has 0 bridgehead atoms. The first-order valence-corrected chi connectivity index (χ1v) is 7.55. The van der Waals surface area contributed by atoms with E-state index in [1.165, 1.54) is 15.6 Å². The minimum absolute atomic E-state index is 0.549. The van der Waals surface area contributed by atoms with Crippen molar-refractivity contribution in [3.63, 3.8) is 0 Å². The number of anilines is 1. The van der Waals surface area contributed by atoms with Crippen molar-refractivity contribution in [1.82, 2.24) is 9.97 Å². The molecule has 2 N–H and O–H groups in total. The second-order valence-electron chi connectivity index (χ2n) is 5.07. The topological polar surface area (TPSA) is 51.8 Å². The predicted octanol–water partition coefficient (Wildman–Crippen LogP) is 4.40. The molecule has 0 aliphatic heterocycles. The van der Waals surface area contributed by atoms with Gasteiger partial charge in [0.15, 0.2) is 5.82 Å². The smallest absolute Gasteiger partial charge is 0.163 e. The number of rotatable bonds is 1. The Morgan fingerprint density at radius 3 is 2.62 bits per heavy atom. The van der Waals surface area contributed by atoms with Gasteiger partial charge in [0.1, 0.15) is 10.6 Å². The van der Waals surface area contributed by atoms with Gasteiger partial charge in [-0.1, -0.05) is 36.4 Å². The maximum Gasteiger partial charge on any atom is 0.163 e. The van der Waals surface area contributed by atoms with Crippen molar-refractivity contribution in [3.8, 4) is 11.4 Å². The van der Waals surface area contributed by atoms with Gasteiger partial charge in [-0.05, 0) is 29.8 Å². The van der Waals surface area contributed by atoms with Gasteiger partial charge in [0.05, 0.1) is 5.39 Å². The highest BCUT2D eigenvalue weighted by molar-refractivity contribution is 7.18. The molecule has 3 nitrogen and oxygen atoms in total. The van der Waals surface area contributed by atoms with E-state index in [1.807, 2.05) is 24.3 Å². The average molecular weight is 291 g/mol. The molecular formula is C17H13N3S. The molecule has 102 valence electrons. The molecule has 0 aliphatic carbocycles. The van der Waals surface area contributed by atoms with Gasteiger partial charge in [-0.15, -0.1) is 11.3 Å². The first-order valence-electron chi connectivity index (χ1n) is 6.73. The highest BCUT2D eigenvalue weighted by Gasteiger charge is 2.10. The second-order valence-corrected chi connectivity index (χ2v) is 6.31. The van der Waals surface area contributed by atoms with Crippen LogP contribution in [0.5, 0.6) is 0 Å². The Kier molecular flexibility index (Phi) is 2.65. The van der Waals surface area contributed by atoms with Crippen molar-refractivity contribution < 1.29 is 0 Å². The van der Waals surface area contributed by atoms with Gasteiger partial charge in [-0.3, -0.25) is 0 Å². The molecule has 4 aromatic rings. The summed E-state index contributed by atoms with van der Waals surface area (Å²) in [7, 11) is 0. The zero-order valence-corrected chi connectivity index (χ0v) is 12.3. The number of nitrogens with two attached hydrogens (primary N) is 1. The standard InChI is InChI=1S/C17H13N3S/c1-10-8-14-15(18)19-16(20-17(14)21-10)13-7-6-11-4-2-3-5-12(11)9-13/h2-9H,1H3,(H2,18,19,20). The van der Waals surface area contributed by atoms with Crippen molar-refractivity contribution >= 4 is 38.1 Å². The lowest BCUT2D eigenvalue weighted by molar-refractivity contribution is 1.25. The highest BCUT2D eigenvalue weighted by Crippen LogP contribution is 2.30. The molecule has 2 aromatic heterocycles. The third kappa shape index (κ3) is 2.04. The summed E-state index contributed by atoms with van der Waals surface area (Å²) in [6, 6.07) is 16.5. The van der Waals surface area contributed by atoms with Crippen LogP contribution in [-0.2, 0) is 0 Å². The van der Waals surface area contributed by atoms with Crippen molar-refractivity contribution in [3.05, 3.63) is 53.4 Å². The summed E-state index contributed by atoms with van der Waals surface area (Å²) < 4.78 is 0. The number of hydrogen-bond donors (Lipinski definition) is 1. The van der Waals surface area contributed by atoms with E-state index < -0.39 is 0 Å². The Bertz CT molecular complexity index is 972. The number of nitrogens with zero attached hydrogens (tertiary/aromatic N) is 2. The second kappa shape index (κ2) is 4.53. The molecule has 0 saturated carbocycles. The maximum absolute atomic E-state index is 6.08. The number of fused-ring (bicyclic) bond motifs is 2. The summed E-state index contributed by atoms with van der Waals surface area (Å²) in [6.07, 6.45) is 0. The van der Waals surface area contributed by atoms with Gasteiger partial charge >= 0.3 is 0 Å². The van der Waals surface area contributed by atoms with E-state index in [0.29, 0.717) is 11.6 Å². The molecule has 0 fully saturated rings. The molecule has 4 heteroatoms. The van der Waals surface area contributed by atoms with E-state index in [-0.39, 0.29) is 0 Å². The molecule has 0 radical (unpaired) electrons. The number of hydrogen-bond acceptors (Lipinski definition) is 4. The Morgan fingerprint density at radius 1 is 0.952 bits per heavy atom. The number of aryl methyl sites for hydroxylation is 1. The molecule has 4 rings (SSSR count). The van der Waals surface area contributed by atoms with Gasteiger partial charge in [-0.25, -0.2) is 9.97 Å². The van der Waals surface area contributed by atoms with Crippen LogP contribution in [0.1, 0.15) is 4.88 Å². The zero-order valence-electron chi connectivity index (χ0n) is 11.5. The Labute approximate surface area is 126 Å². The lowest BCUT2D eigenvalue weighted by Gasteiger charge is -2.04. The van der Waals surface area contributed by atoms with E-state index in [2.05, 4.69) is 41.2 Å². The number of thiophene rings is 1. The van der Waals surface area contributed by atoms with Crippen molar-refractivity contribution in [1.29, 1.82) is 0 Å². The first kappa shape index (κ1) is 12.3. The Balaban J connectivity index is 1.94. The monoisotopic (exact) mass is 291 g/mol. The van der Waals surface area contributed by atoms with Crippen LogP contribution in [0.4, 0.5) is 5.82 Å². The Hall–Kier alpha value is -2.46.